The van der Waals surface area contributed by atoms with Gasteiger partial charge in [0.15, 0.2) is 0 Å². The molecule has 0 spiro atoms. The number of carbonyl (C=O) groups excluding carboxylic acids is 1. The number of hydrogen-bond acceptors (Lipinski definition) is 6. The van der Waals surface area contributed by atoms with E-state index in [2.05, 4.69) is 32.4 Å². The molecule has 180 valence electrons. The van der Waals surface area contributed by atoms with Gasteiger partial charge in [0.2, 0.25) is 11.9 Å². The zero-order valence-electron chi connectivity index (χ0n) is 19.7. The van der Waals surface area contributed by atoms with E-state index in [1.165, 1.54) is 5.56 Å². The largest absolute Gasteiger partial charge is 0.495 e. The number of halogens is 1. The molecule has 1 N–H and O–H groups in total. The molecule has 9 heteroatoms. The Kier molecular flexibility index (Phi) is 6.55. The number of carbonyl (C=O) groups is 1. The number of ether oxygens (including phenoxy) is 1. The number of hydrogen-bond donors (Lipinski definition) is 1. The summed E-state index contributed by atoms with van der Waals surface area (Å²) >= 11 is 6.45. The van der Waals surface area contributed by atoms with Crippen molar-refractivity contribution in [3.05, 3.63) is 65.6 Å². The molecule has 5 rings (SSSR count). The Balaban J connectivity index is 1.37. The lowest BCUT2D eigenvalue weighted by Crippen LogP contribution is -2.37. The minimum atomic E-state index is 0.229. The summed E-state index contributed by atoms with van der Waals surface area (Å²) in [6.45, 7) is 3.50. The second-order valence-corrected chi connectivity index (χ2v) is 8.96. The smallest absolute Gasteiger partial charge is 0.227 e. The summed E-state index contributed by atoms with van der Waals surface area (Å²) in [5, 5.41) is 3.71. The fraction of sp³-hybridized carbons (Fsp3) is 0.308. The van der Waals surface area contributed by atoms with Crippen LogP contribution in [0, 0.1) is 0 Å². The lowest BCUT2D eigenvalue weighted by molar-refractivity contribution is -0.131. The number of methoxy groups -OCH3 is 1. The summed E-state index contributed by atoms with van der Waals surface area (Å²) in [6, 6.07) is 12.0. The zero-order valence-corrected chi connectivity index (χ0v) is 20.5. The number of rotatable bonds is 6. The summed E-state index contributed by atoms with van der Waals surface area (Å²) in [7, 11) is 1.65. The van der Waals surface area contributed by atoms with Crippen LogP contribution in [0.5, 0.6) is 5.75 Å². The van der Waals surface area contributed by atoms with Crippen molar-refractivity contribution in [1.29, 1.82) is 0 Å². The number of amides is 1. The molecule has 3 aromatic heterocycles. The number of fused-ring (bicyclic) bond motifs is 1. The van der Waals surface area contributed by atoms with Crippen LogP contribution in [0.2, 0.25) is 5.02 Å². The van der Waals surface area contributed by atoms with Crippen LogP contribution in [-0.2, 0) is 4.79 Å². The van der Waals surface area contributed by atoms with E-state index in [1.807, 2.05) is 46.7 Å². The van der Waals surface area contributed by atoms with Gasteiger partial charge < -0.3 is 15.0 Å². The van der Waals surface area contributed by atoms with Gasteiger partial charge in [-0.25, -0.2) is 15.0 Å². The fourth-order valence-electron chi connectivity index (χ4n) is 4.59. The predicted octanol–water partition coefficient (Wildman–Crippen LogP) is 5.31. The minimum absolute atomic E-state index is 0.229. The maximum absolute atomic E-state index is 12.0. The second-order valence-electron chi connectivity index (χ2n) is 8.56. The molecule has 4 heterocycles. The summed E-state index contributed by atoms with van der Waals surface area (Å²) < 4.78 is 7.62. The molecule has 1 fully saturated rings. The van der Waals surface area contributed by atoms with Gasteiger partial charge in [0.1, 0.15) is 17.1 Å². The number of nitrogens with zero attached hydrogens (tertiary/aromatic N) is 5. The molecular formula is C26H27ClN6O2. The molecule has 1 amide bonds. The Hall–Kier alpha value is -3.65. The van der Waals surface area contributed by atoms with Gasteiger partial charge in [0, 0.05) is 25.7 Å². The third kappa shape index (κ3) is 4.66. The molecule has 0 unspecified atom stereocenters. The Morgan fingerprint density at radius 2 is 2.00 bits per heavy atom. The van der Waals surface area contributed by atoms with E-state index in [-0.39, 0.29) is 5.91 Å². The van der Waals surface area contributed by atoms with Crippen molar-refractivity contribution in [2.45, 2.75) is 32.1 Å². The average molecular weight is 491 g/mol. The number of pyridine rings is 1. The van der Waals surface area contributed by atoms with Crippen molar-refractivity contribution in [1.82, 2.24) is 24.3 Å². The normalized spacial score (nSPS) is 14.3. The first-order valence-electron chi connectivity index (χ1n) is 11.7. The van der Waals surface area contributed by atoms with Crippen molar-refractivity contribution in [3.63, 3.8) is 0 Å². The van der Waals surface area contributed by atoms with Gasteiger partial charge in [-0.3, -0.25) is 9.20 Å². The van der Waals surface area contributed by atoms with Gasteiger partial charge in [0.25, 0.3) is 0 Å². The highest BCUT2D eigenvalue weighted by atomic mass is 35.5. The van der Waals surface area contributed by atoms with Gasteiger partial charge in [-0.15, -0.1) is 0 Å². The number of piperidine rings is 1. The molecule has 0 radical (unpaired) electrons. The highest BCUT2D eigenvalue weighted by molar-refractivity contribution is 6.32. The summed E-state index contributed by atoms with van der Waals surface area (Å²) in [5.74, 6) is 1.75. The molecule has 1 saturated heterocycles. The number of benzene rings is 1. The van der Waals surface area contributed by atoms with E-state index < -0.39 is 0 Å². The van der Waals surface area contributed by atoms with Crippen LogP contribution in [0.25, 0.3) is 17.0 Å². The van der Waals surface area contributed by atoms with Crippen molar-refractivity contribution in [2.24, 2.45) is 0 Å². The molecule has 1 aliphatic heterocycles. The van der Waals surface area contributed by atoms with E-state index in [9.17, 15) is 4.79 Å². The van der Waals surface area contributed by atoms with Crippen LogP contribution in [0.3, 0.4) is 0 Å². The zero-order chi connectivity index (χ0) is 24.4. The third-order valence-corrected chi connectivity index (χ3v) is 6.77. The van der Waals surface area contributed by atoms with E-state index in [1.54, 1.807) is 19.5 Å². The quantitative estimate of drug-likeness (QED) is 0.394. The maximum Gasteiger partial charge on any atom is 0.227 e. The molecule has 1 aromatic carbocycles. The highest BCUT2D eigenvalue weighted by Gasteiger charge is 2.24. The van der Waals surface area contributed by atoms with E-state index >= 15 is 0 Å². The highest BCUT2D eigenvalue weighted by Crippen LogP contribution is 2.35. The molecule has 1 aliphatic rings. The fourth-order valence-corrected chi connectivity index (χ4v) is 4.77. The van der Waals surface area contributed by atoms with E-state index in [0.29, 0.717) is 34.8 Å². The maximum atomic E-state index is 12.0. The molecular weight excluding hydrogens is 464 g/mol. The first-order chi connectivity index (χ1) is 17.1. The third-order valence-electron chi connectivity index (χ3n) is 6.50. The topological polar surface area (TPSA) is 84.7 Å². The van der Waals surface area contributed by atoms with Crippen molar-refractivity contribution in [2.75, 3.05) is 25.5 Å². The van der Waals surface area contributed by atoms with Gasteiger partial charge in [-0.1, -0.05) is 30.7 Å². The van der Waals surface area contributed by atoms with Crippen LogP contribution in [0.4, 0.5) is 11.6 Å². The Labute approximate surface area is 208 Å². The van der Waals surface area contributed by atoms with Crippen LogP contribution >= 0.6 is 11.6 Å². The Morgan fingerprint density at radius 1 is 1.17 bits per heavy atom. The van der Waals surface area contributed by atoms with Crippen LogP contribution in [0.1, 0.15) is 37.7 Å². The van der Waals surface area contributed by atoms with Gasteiger partial charge in [0.05, 0.1) is 35.9 Å². The van der Waals surface area contributed by atoms with Gasteiger partial charge in [-0.2, -0.15) is 0 Å². The van der Waals surface area contributed by atoms with Crippen molar-refractivity contribution >= 4 is 34.8 Å². The van der Waals surface area contributed by atoms with Crippen molar-refractivity contribution in [3.8, 4) is 17.1 Å². The molecule has 35 heavy (non-hydrogen) atoms. The minimum Gasteiger partial charge on any atom is -0.495 e. The Morgan fingerprint density at radius 3 is 2.77 bits per heavy atom. The predicted molar refractivity (Wildman–Crippen MR) is 136 cm³/mol. The van der Waals surface area contributed by atoms with Gasteiger partial charge >= 0.3 is 0 Å². The number of anilines is 2. The molecule has 4 aromatic rings. The average Bonchev–Trinajstić information content (AvgIpc) is 3.33. The van der Waals surface area contributed by atoms with Gasteiger partial charge in [-0.05, 0) is 48.6 Å². The lowest BCUT2D eigenvalue weighted by atomic mass is 9.89. The molecule has 0 atom stereocenters. The summed E-state index contributed by atoms with van der Waals surface area (Å²) in [4.78, 5) is 27.4. The first-order valence-corrected chi connectivity index (χ1v) is 12.1. The number of imidazole rings is 1. The molecule has 0 saturated carbocycles. The number of nitrogens with one attached hydrogen (secondary N) is 1. The van der Waals surface area contributed by atoms with Crippen LogP contribution in [-0.4, -0.2) is 50.4 Å². The standard InChI is InChI=1S/C26H27ClN6O2/c1-3-24(34)32-12-9-17(10-13-32)18-7-8-20(22(14-18)35-2)30-26-29-15-19(27)25(31-26)21-16-28-23-6-4-5-11-33(21)23/h4-8,11,14-17H,3,9-10,12-13H2,1-2H3,(H,29,30,31). The molecule has 8 nitrogen and oxygen atoms in total. The number of likely N-dealkylation sites (tertiary alicyclic amines) is 1. The second kappa shape index (κ2) is 9.92. The van der Waals surface area contributed by atoms with Crippen LogP contribution < -0.4 is 10.1 Å². The van der Waals surface area contributed by atoms with Crippen molar-refractivity contribution < 1.29 is 9.53 Å². The molecule has 0 bridgehead atoms. The van der Waals surface area contributed by atoms with Crippen LogP contribution in [0.15, 0.2) is 55.0 Å². The lowest BCUT2D eigenvalue weighted by Gasteiger charge is -2.32. The SMILES string of the molecule is CCC(=O)N1CCC(c2ccc(Nc3ncc(Cl)c(-c4cnc5ccccn45)n3)c(OC)c2)CC1. The monoisotopic (exact) mass is 490 g/mol. The Bertz CT molecular complexity index is 1360. The van der Waals surface area contributed by atoms with E-state index in [0.717, 1.165) is 43.0 Å². The number of aromatic nitrogens is 4. The first kappa shape index (κ1) is 23.1. The summed E-state index contributed by atoms with van der Waals surface area (Å²) in [6.07, 6.45) is 7.72. The van der Waals surface area contributed by atoms with E-state index in [4.69, 9.17) is 16.3 Å². The summed E-state index contributed by atoms with van der Waals surface area (Å²) in [5.41, 5.74) is 4.16. The molecule has 0 aliphatic carbocycles.